The predicted octanol–water partition coefficient (Wildman–Crippen LogP) is 3.84. The van der Waals surface area contributed by atoms with Crippen molar-refractivity contribution in [3.05, 3.63) is 63.6 Å². The van der Waals surface area contributed by atoms with Crippen LogP contribution < -0.4 is 5.32 Å². The third-order valence-electron chi connectivity index (χ3n) is 5.83. The quantitative estimate of drug-likeness (QED) is 0.728. The van der Waals surface area contributed by atoms with Crippen molar-refractivity contribution in [3.63, 3.8) is 0 Å². The van der Waals surface area contributed by atoms with Crippen LogP contribution in [0.5, 0.6) is 5.75 Å². The lowest BCUT2D eigenvalue weighted by atomic mass is 9.61. The number of aliphatic hydroxyl groups is 1. The molecule has 6 heteroatoms. The molecule has 1 saturated heterocycles. The maximum Gasteiger partial charge on any atom is 0.252 e. The fourth-order valence-electron chi connectivity index (χ4n) is 4.57. The number of benzene rings is 2. The smallest absolute Gasteiger partial charge is 0.252 e. The van der Waals surface area contributed by atoms with Gasteiger partial charge in [-0.3, -0.25) is 4.79 Å². The summed E-state index contributed by atoms with van der Waals surface area (Å²) >= 11 is 12.5. The summed E-state index contributed by atoms with van der Waals surface area (Å²) in [4.78, 5) is 12.3. The minimum absolute atomic E-state index is 0.0299. The monoisotopic (exact) mass is 391 g/mol. The Kier molecular flexibility index (Phi) is 4.38. The third-order valence-corrected chi connectivity index (χ3v) is 6.41. The van der Waals surface area contributed by atoms with Crippen LogP contribution in [-0.2, 0) is 4.79 Å². The van der Waals surface area contributed by atoms with Crippen molar-refractivity contribution >= 4 is 29.1 Å². The standard InChI is InChI=1S/C20H19Cl2NO3/c21-12-3-1-11(2-4-12)18-15(14-6-5-13(24)9-17(14)22)7-8-20(26)16(18)10-23-19(20)25/h1-6,9,15-16,18,24,26H,7-8,10H2,(H,23,25). The first-order valence-electron chi connectivity index (χ1n) is 8.64. The Bertz CT molecular complexity index is 855. The molecule has 0 radical (unpaired) electrons. The molecule has 3 N–H and O–H groups in total. The van der Waals surface area contributed by atoms with E-state index in [1.54, 1.807) is 6.07 Å². The number of rotatable bonds is 2. The SMILES string of the molecule is O=C1NCC2C(c3ccc(Cl)cc3)C(c3ccc(O)cc3Cl)CCC12O. The van der Waals surface area contributed by atoms with E-state index in [9.17, 15) is 15.0 Å². The van der Waals surface area contributed by atoms with E-state index in [4.69, 9.17) is 23.2 Å². The Balaban J connectivity index is 1.82. The van der Waals surface area contributed by atoms with E-state index in [0.29, 0.717) is 29.4 Å². The number of hydrogen-bond donors (Lipinski definition) is 3. The van der Waals surface area contributed by atoms with Crippen LogP contribution in [0.15, 0.2) is 42.5 Å². The van der Waals surface area contributed by atoms with Crippen molar-refractivity contribution in [2.24, 2.45) is 5.92 Å². The predicted molar refractivity (Wildman–Crippen MR) is 101 cm³/mol. The van der Waals surface area contributed by atoms with Crippen molar-refractivity contribution in [2.45, 2.75) is 30.3 Å². The minimum atomic E-state index is -1.36. The van der Waals surface area contributed by atoms with Gasteiger partial charge in [0.05, 0.1) is 0 Å². The number of carbonyl (C=O) groups excluding carboxylic acids is 1. The average molecular weight is 392 g/mol. The molecule has 4 rings (SSSR count). The van der Waals surface area contributed by atoms with Crippen molar-refractivity contribution in [2.75, 3.05) is 6.54 Å². The lowest BCUT2D eigenvalue weighted by Gasteiger charge is -2.44. The first-order chi connectivity index (χ1) is 12.4. The van der Waals surface area contributed by atoms with Gasteiger partial charge in [-0.05, 0) is 60.1 Å². The molecule has 2 aromatic carbocycles. The molecule has 1 heterocycles. The van der Waals surface area contributed by atoms with Gasteiger partial charge in [0.1, 0.15) is 11.4 Å². The zero-order chi connectivity index (χ0) is 18.5. The second kappa shape index (κ2) is 6.45. The number of halogens is 2. The molecule has 1 aliphatic carbocycles. The van der Waals surface area contributed by atoms with Crippen molar-refractivity contribution in [1.82, 2.24) is 5.32 Å². The largest absolute Gasteiger partial charge is 0.508 e. The summed E-state index contributed by atoms with van der Waals surface area (Å²) < 4.78 is 0. The maximum atomic E-state index is 12.3. The Morgan fingerprint density at radius 2 is 1.85 bits per heavy atom. The Hall–Kier alpha value is -1.75. The Morgan fingerprint density at radius 3 is 2.54 bits per heavy atom. The van der Waals surface area contributed by atoms with Crippen LogP contribution in [0.2, 0.25) is 10.0 Å². The maximum absolute atomic E-state index is 12.3. The van der Waals surface area contributed by atoms with E-state index in [2.05, 4.69) is 5.32 Å². The van der Waals surface area contributed by atoms with Gasteiger partial charge in [0.25, 0.3) is 5.91 Å². The van der Waals surface area contributed by atoms with Gasteiger partial charge in [-0.2, -0.15) is 0 Å². The van der Waals surface area contributed by atoms with E-state index in [0.717, 1.165) is 11.1 Å². The lowest BCUT2D eigenvalue weighted by molar-refractivity contribution is -0.142. The highest BCUT2D eigenvalue weighted by atomic mass is 35.5. The number of aromatic hydroxyl groups is 1. The highest BCUT2D eigenvalue weighted by molar-refractivity contribution is 6.31. The van der Waals surface area contributed by atoms with Gasteiger partial charge >= 0.3 is 0 Å². The molecule has 4 unspecified atom stereocenters. The average Bonchev–Trinajstić information content (AvgIpc) is 2.91. The summed E-state index contributed by atoms with van der Waals surface area (Å²) in [5.41, 5.74) is 0.582. The molecule has 1 amide bonds. The molecule has 4 nitrogen and oxygen atoms in total. The van der Waals surface area contributed by atoms with Gasteiger partial charge < -0.3 is 15.5 Å². The third kappa shape index (κ3) is 2.77. The number of carbonyl (C=O) groups is 1. The summed E-state index contributed by atoms with van der Waals surface area (Å²) in [6.07, 6.45) is 1.01. The topological polar surface area (TPSA) is 69.6 Å². The fraction of sp³-hybridized carbons (Fsp3) is 0.350. The van der Waals surface area contributed by atoms with Crippen LogP contribution >= 0.6 is 23.2 Å². The van der Waals surface area contributed by atoms with Crippen LogP contribution in [0.1, 0.15) is 35.8 Å². The number of phenolic OH excluding ortho intramolecular Hbond substituents is 1. The van der Waals surface area contributed by atoms with Crippen LogP contribution in [-0.4, -0.2) is 28.3 Å². The van der Waals surface area contributed by atoms with E-state index in [1.807, 2.05) is 30.3 Å². The molecule has 0 bridgehead atoms. The highest BCUT2D eigenvalue weighted by Crippen LogP contribution is 2.54. The second-order valence-electron chi connectivity index (χ2n) is 7.17. The van der Waals surface area contributed by atoms with Crippen LogP contribution in [0.4, 0.5) is 0 Å². The zero-order valence-electron chi connectivity index (χ0n) is 14.0. The highest BCUT2D eigenvalue weighted by Gasteiger charge is 2.57. The number of amides is 1. The van der Waals surface area contributed by atoms with E-state index in [-0.39, 0.29) is 29.4 Å². The zero-order valence-corrected chi connectivity index (χ0v) is 15.5. The van der Waals surface area contributed by atoms with Crippen molar-refractivity contribution < 1.29 is 15.0 Å². The lowest BCUT2D eigenvalue weighted by Crippen LogP contribution is -2.49. The van der Waals surface area contributed by atoms with Gasteiger partial charge in [0.15, 0.2) is 0 Å². The second-order valence-corrected chi connectivity index (χ2v) is 8.01. The minimum Gasteiger partial charge on any atom is -0.508 e. The first kappa shape index (κ1) is 17.7. The molecule has 0 spiro atoms. The summed E-state index contributed by atoms with van der Waals surface area (Å²) in [5.74, 6) is -0.488. The number of phenols is 1. The summed E-state index contributed by atoms with van der Waals surface area (Å²) in [6, 6.07) is 12.5. The molecule has 2 aliphatic rings. The van der Waals surface area contributed by atoms with Gasteiger partial charge in [-0.1, -0.05) is 41.4 Å². The summed E-state index contributed by atoms with van der Waals surface area (Å²) in [5, 5.41) is 24.7. The van der Waals surface area contributed by atoms with Crippen molar-refractivity contribution in [3.8, 4) is 5.75 Å². The number of hydrogen-bond acceptors (Lipinski definition) is 3. The van der Waals surface area contributed by atoms with Crippen molar-refractivity contribution in [1.29, 1.82) is 0 Å². The van der Waals surface area contributed by atoms with Crippen LogP contribution in [0, 0.1) is 5.92 Å². The van der Waals surface area contributed by atoms with Gasteiger partial charge in [-0.15, -0.1) is 0 Å². The molecular formula is C20H19Cl2NO3. The number of fused-ring (bicyclic) bond motifs is 1. The molecule has 4 atom stereocenters. The van der Waals surface area contributed by atoms with Gasteiger partial charge in [0, 0.05) is 22.5 Å². The molecule has 2 aromatic rings. The van der Waals surface area contributed by atoms with Crippen LogP contribution in [0.25, 0.3) is 0 Å². The van der Waals surface area contributed by atoms with Crippen LogP contribution in [0.3, 0.4) is 0 Å². The molecular weight excluding hydrogens is 373 g/mol. The summed E-state index contributed by atoms with van der Waals surface area (Å²) in [6.45, 7) is 0.425. The molecule has 136 valence electrons. The fourth-order valence-corrected chi connectivity index (χ4v) is 5.01. The Labute approximate surface area is 161 Å². The van der Waals surface area contributed by atoms with E-state index in [1.165, 1.54) is 6.07 Å². The normalized spacial score (nSPS) is 30.7. The first-order valence-corrected chi connectivity index (χ1v) is 9.40. The molecule has 26 heavy (non-hydrogen) atoms. The summed E-state index contributed by atoms with van der Waals surface area (Å²) in [7, 11) is 0. The van der Waals surface area contributed by atoms with E-state index >= 15 is 0 Å². The van der Waals surface area contributed by atoms with Gasteiger partial charge in [-0.25, -0.2) is 0 Å². The van der Waals surface area contributed by atoms with E-state index < -0.39 is 5.60 Å². The molecule has 1 aliphatic heterocycles. The molecule has 0 aromatic heterocycles. The molecule has 1 saturated carbocycles. The Morgan fingerprint density at radius 1 is 1.12 bits per heavy atom. The molecule has 2 fully saturated rings. The number of nitrogens with one attached hydrogen (secondary N) is 1. The van der Waals surface area contributed by atoms with Gasteiger partial charge in [0.2, 0.25) is 0 Å².